The lowest BCUT2D eigenvalue weighted by Crippen LogP contribution is -2.74. The molecule has 2 amide bonds. The van der Waals surface area contributed by atoms with Crippen LogP contribution in [-0.4, -0.2) is 88.8 Å². The summed E-state index contributed by atoms with van der Waals surface area (Å²) >= 11 is 4.73. The molecule has 2 unspecified atom stereocenters. The van der Waals surface area contributed by atoms with Gasteiger partial charge in [0.05, 0.1) is 0 Å². The largest absolute Gasteiger partial charge is 0.481 e. The second-order valence-electron chi connectivity index (χ2n) is 7.18. The average molecular weight is 531 g/mol. The maximum absolute atomic E-state index is 12.8. The van der Waals surface area contributed by atoms with Crippen LogP contribution in [-0.2, 0) is 19.2 Å². The van der Waals surface area contributed by atoms with E-state index in [1.165, 1.54) is 47.1 Å². The fourth-order valence-corrected chi connectivity index (χ4v) is 7.20. The Kier molecular flexibility index (Phi) is 6.73. The number of amides is 2. The Bertz CT molecular complexity index is 1120. The van der Waals surface area contributed by atoms with Crippen LogP contribution in [0.5, 0.6) is 0 Å². The van der Waals surface area contributed by atoms with Gasteiger partial charge in [-0.2, -0.15) is 13.7 Å². The molecule has 4 rings (SSSR count). The van der Waals surface area contributed by atoms with E-state index in [9.17, 15) is 19.5 Å². The number of carbonyl (C=O) groups excluding carboxylic acids is 2. The van der Waals surface area contributed by atoms with Crippen molar-refractivity contribution in [3.63, 3.8) is 0 Å². The highest BCUT2D eigenvalue weighted by atomic mass is 32.2. The third-order valence-electron chi connectivity index (χ3n) is 4.92. The lowest BCUT2D eigenvalue weighted by molar-refractivity contribution is -0.157. The number of aryl methyl sites for hydroxylation is 1. The highest BCUT2D eigenvalue weighted by molar-refractivity contribution is 8.01. The zero-order valence-electron chi connectivity index (χ0n) is 17.2. The van der Waals surface area contributed by atoms with Gasteiger partial charge in [-0.25, -0.2) is 4.98 Å². The number of aromatic nitrogens is 4. The summed E-state index contributed by atoms with van der Waals surface area (Å²) in [5, 5.41) is 16.0. The highest BCUT2D eigenvalue weighted by Gasteiger charge is 2.57. The molecule has 0 aromatic carbocycles. The van der Waals surface area contributed by atoms with Gasteiger partial charge in [-0.05, 0) is 18.5 Å². The molecule has 0 bridgehead atoms. The van der Waals surface area contributed by atoms with Crippen LogP contribution in [0.2, 0.25) is 0 Å². The van der Waals surface area contributed by atoms with Gasteiger partial charge in [-0.1, -0.05) is 16.9 Å². The third-order valence-corrected chi connectivity index (χ3v) is 9.26. The molecule has 176 valence electrons. The van der Waals surface area contributed by atoms with Crippen molar-refractivity contribution < 1.29 is 24.3 Å². The van der Waals surface area contributed by atoms with Crippen LogP contribution in [0.1, 0.15) is 11.6 Å². The number of carboxylic acid groups (broad SMARTS) is 1. The van der Waals surface area contributed by atoms with Gasteiger partial charge in [0, 0.05) is 29.6 Å². The summed E-state index contributed by atoms with van der Waals surface area (Å²) in [5.41, 5.74) is 4.22. The number of nitrogen functional groups attached to an aromatic ring is 1. The Morgan fingerprint density at radius 1 is 1.39 bits per heavy atom. The molecular formula is C16H18N8O5S4. The Balaban J connectivity index is 1.42. The number of fused-ring (bicyclic) bond motifs is 1. The minimum atomic E-state index is -1.14. The normalized spacial score (nSPS) is 24.7. The molecule has 13 nitrogen and oxygen atoms in total. The smallest absolute Gasteiger partial charge is 0.313 e. The van der Waals surface area contributed by atoms with E-state index >= 15 is 0 Å². The van der Waals surface area contributed by atoms with Crippen LogP contribution < -0.4 is 11.1 Å². The number of aliphatic carboxylic acids is 1. The van der Waals surface area contributed by atoms with E-state index in [0.29, 0.717) is 10.2 Å². The third kappa shape index (κ3) is 4.62. The molecule has 0 radical (unpaired) electrons. The van der Waals surface area contributed by atoms with Gasteiger partial charge in [0.15, 0.2) is 9.47 Å². The second kappa shape index (κ2) is 9.40. The fraction of sp³-hybridized carbons (Fsp3) is 0.500. The summed E-state index contributed by atoms with van der Waals surface area (Å²) in [4.78, 5) is 52.0. The molecule has 3 atom stereocenters. The van der Waals surface area contributed by atoms with Crippen molar-refractivity contribution in [3.8, 4) is 0 Å². The lowest BCUT2D eigenvalue weighted by Gasteiger charge is -2.53. The summed E-state index contributed by atoms with van der Waals surface area (Å²) in [6.45, 7) is 1.81. The molecule has 2 fully saturated rings. The maximum Gasteiger partial charge on any atom is 0.313 e. The van der Waals surface area contributed by atoms with Crippen molar-refractivity contribution in [2.24, 2.45) is 10.6 Å². The van der Waals surface area contributed by atoms with Crippen molar-refractivity contribution in [2.45, 2.75) is 22.7 Å². The number of carboxylic acids is 1. The quantitative estimate of drug-likeness (QED) is 0.178. The van der Waals surface area contributed by atoms with Crippen LogP contribution >= 0.6 is 46.6 Å². The maximum atomic E-state index is 12.8. The second-order valence-corrected chi connectivity index (χ2v) is 11.0. The van der Waals surface area contributed by atoms with E-state index < -0.39 is 23.3 Å². The number of thioether (sulfide) groups is 2. The van der Waals surface area contributed by atoms with E-state index in [1.807, 2.05) is 0 Å². The van der Waals surface area contributed by atoms with Gasteiger partial charge in [-0.15, -0.1) is 11.8 Å². The minimum Gasteiger partial charge on any atom is -0.481 e. The molecular weight excluding hydrogens is 512 g/mol. The number of hydrogen-bond donors (Lipinski definition) is 3. The molecule has 2 aromatic rings. The molecule has 0 saturated carbocycles. The summed E-state index contributed by atoms with van der Waals surface area (Å²) < 4.78 is 8.74. The number of anilines is 1. The SMILES string of the molecule is CON=C(C(=O)NC1C(=O)N2CC(CSc3nc(C)ns3)(C(=O)O)CS[C@H]12)c1nsc(N)n1. The summed E-state index contributed by atoms with van der Waals surface area (Å²) in [7, 11) is 1.27. The number of oxime groups is 1. The average Bonchev–Trinajstić information content (AvgIpc) is 3.41. The number of nitrogens with zero attached hydrogens (tertiary/aromatic N) is 6. The van der Waals surface area contributed by atoms with Gasteiger partial charge >= 0.3 is 5.97 Å². The van der Waals surface area contributed by atoms with Crippen molar-refractivity contribution in [2.75, 3.05) is 30.9 Å². The van der Waals surface area contributed by atoms with Crippen LogP contribution in [0.15, 0.2) is 9.50 Å². The van der Waals surface area contributed by atoms with E-state index in [-0.39, 0.29) is 46.0 Å². The standard InChI is InChI=1S/C16H18N8O5S4/c1-6-18-15(33-22-6)31-5-16(13(27)28)3-24-11(26)8(12(24)30-4-16)19-10(25)7(21-29-2)9-20-14(17)32-23-9/h8,12H,3-5H2,1-2H3,(H,19,25)(H,27,28)(H2,17,20,23)/t8?,12-,16?/m1/s1. The summed E-state index contributed by atoms with van der Waals surface area (Å²) in [6.07, 6.45) is 0. The highest BCUT2D eigenvalue weighted by Crippen LogP contribution is 2.44. The van der Waals surface area contributed by atoms with E-state index in [1.54, 1.807) is 6.92 Å². The molecule has 2 aliphatic heterocycles. The van der Waals surface area contributed by atoms with Crippen molar-refractivity contribution in [3.05, 3.63) is 11.6 Å². The molecule has 4 heterocycles. The molecule has 17 heteroatoms. The first kappa shape index (κ1) is 23.7. The predicted molar refractivity (Wildman–Crippen MR) is 123 cm³/mol. The first-order valence-electron chi connectivity index (χ1n) is 9.34. The van der Waals surface area contributed by atoms with Gasteiger partial charge in [-0.3, -0.25) is 14.4 Å². The van der Waals surface area contributed by atoms with Crippen molar-refractivity contribution in [1.82, 2.24) is 28.9 Å². The minimum absolute atomic E-state index is 0.00870. The molecule has 4 N–H and O–H groups in total. The van der Waals surface area contributed by atoms with Crippen molar-refractivity contribution in [1.29, 1.82) is 0 Å². The van der Waals surface area contributed by atoms with Crippen LogP contribution in [0.4, 0.5) is 5.13 Å². The molecule has 2 saturated heterocycles. The van der Waals surface area contributed by atoms with Crippen LogP contribution in [0.25, 0.3) is 0 Å². The monoisotopic (exact) mass is 530 g/mol. The number of nitrogens with one attached hydrogen (secondary N) is 1. The van der Waals surface area contributed by atoms with Crippen LogP contribution in [0.3, 0.4) is 0 Å². The molecule has 0 aliphatic carbocycles. The Morgan fingerprint density at radius 3 is 2.79 bits per heavy atom. The van der Waals surface area contributed by atoms with Gasteiger partial charge < -0.3 is 25.9 Å². The van der Waals surface area contributed by atoms with Crippen LogP contribution in [0, 0.1) is 12.3 Å². The summed E-state index contributed by atoms with van der Waals surface area (Å²) in [6, 6.07) is -0.828. The molecule has 2 aliphatic rings. The molecule has 2 aromatic heterocycles. The number of carbonyl (C=O) groups is 3. The topological polar surface area (TPSA) is 186 Å². The summed E-state index contributed by atoms with van der Waals surface area (Å²) in [5.74, 6) is -0.893. The number of β-lactam (4-membered cyclic amide) rings is 1. The number of nitrogens with two attached hydrogens (primary N) is 1. The first-order valence-corrected chi connectivity index (χ1v) is 12.9. The Hall–Kier alpha value is -2.50. The molecule has 0 spiro atoms. The van der Waals surface area contributed by atoms with E-state index in [0.717, 1.165) is 11.5 Å². The number of hydrogen-bond acceptors (Lipinski definition) is 14. The van der Waals surface area contributed by atoms with Crippen molar-refractivity contribution >= 4 is 75.2 Å². The van der Waals surface area contributed by atoms with Gasteiger partial charge in [0.1, 0.15) is 29.8 Å². The predicted octanol–water partition coefficient (Wildman–Crippen LogP) is -0.106. The zero-order valence-corrected chi connectivity index (χ0v) is 20.5. The number of rotatable bonds is 8. The fourth-order valence-electron chi connectivity index (χ4n) is 3.26. The Labute approximate surface area is 203 Å². The van der Waals surface area contributed by atoms with E-state index in [2.05, 4.69) is 29.2 Å². The molecule has 33 heavy (non-hydrogen) atoms. The Morgan fingerprint density at radius 2 is 2.18 bits per heavy atom. The first-order chi connectivity index (χ1) is 15.7. The van der Waals surface area contributed by atoms with Gasteiger partial charge in [0.2, 0.25) is 17.4 Å². The zero-order chi connectivity index (χ0) is 23.8. The van der Waals surface area contributed by atoms with E-state index in [4.69, 9.17) is 10.6 Å². The lowest BCUT2D eigenvalue weighted by atomic mass is 9.89. The van der Waals surface area contributed by atoms with Gasteiger partial charge in [0.25, 0.3) is 5.91 Å².